The second-order valence-electron chi connectivity index (χ2n) is 9.69. The molecule has 2 bridgehead atoms. The molecule has 8 nitrogen and oxygen atoms in total. The molecule has 2 unspecified atom stereocenters. The molecule has 5 atom stereocenters. The first-order valence-corrected chi connectivity index (χ1v) is 12.0. The monoisotopic (exact) mass is 457 g/mol. The van der Waals surface area contributed by atoms with E-state index in [0.717, 1.165) is 17.5 Å². The predicted molar refractivity (Wildman–Crippen MR) is 123 cm³/mol. The summed E-state index contributed by atoms with van der Waals surface area (Å²) in [6.45, 7) is 8.10. The summed E-state index contributed by atoms with van der Waals surface area (Å²) in [6.07, 6.45) is 2.53. The summed E-state index contributed by atoms with van der Waals surface area (Å²) in [5.41, 5.74) is 0.794. The van der Waals surface area contributed by atoms with Crippen molar-refractivity contribution in [3.8, 4) is 0 Å². The van der Waals surface area contributed by atoms with Crippen LogP contribution in [-0.2, 0) is 19.1 Å². The van der Waals surface area contributed by atoms with Gasteiger partial charge in [0.05, 0.1) is 24.0 Å². The third-order valence-electron chi connectivity index (χ3n) is 7.75. The zero-order chi connectivity index (χ0) is 24.0. The smallest absolute Gasteiger partial charge is 0.250 e. The molecule has 33 heavy (non-hydrogen) atoms. The third kappa shape index (κ3) is 3.54. The fourth-order valence-electron chi connectivity index (χ4n) is 6.19. The number of nitrogens with one attached hydrogen (secondary N) is 2. The van der Waals surface area contributed by atoms with Gasteiger partial charge in [0.1, 0.15) is 11.6 Å². The quantitative estimate of drug-likeness (QED) is 0.553. The first-order chi connectivity index (χ1) is 15.7. The fourth-order valence-corrected chi connectivity index (χ4v) is 6.19. The number of benzene rings is 1. The lowest BCUT2D eigenvalue weighted by atomic mass is 9.65. The number of carbonyl (C=O) groups is 3. The molecule has 3 aliphatic rings. The number of ether oxygens (including phenoxy) is 1. The van der Waals surface area contributed by atoms with E-state index in [1.807, 2.05) is 45.9 Å². The van der Waals surface area contributed by atoms with Crippen LogP contribution in [-0.4, -0.2) is 64.7 Å². The minimum atomic E-state index is -1.07. The number of fused-ring (bicyclic) bond motifs is 1. The van der Waals surface area contributed by atoms with E-state index >= 15 is 0 Å². The molecule has 8 heteroatoms. The molecule has 3 fully saturated rings. The van der Waals surface area contributed by atoms with Gasteiger partial charge in [0, 0.05) is 18.8 Å². The molecule has 0 radical (unpaired) electrons. The second-order valence-corrected chi connectivity index (χ2v) is 9.69. The number of rotatable bonds is 8. The molecule has 1 spiro atoms. The Labute approximate surface area is 195 Å². The number of carbonyl (C=O) groups excluding carboxylic acids is 3. The minimum Gasteiger partial charge on any atom is -0.395 e. The van der Waals surface area contributed by atoms with Gasteiger partial charge in [0.2, 0.25) is 17.7 Å². The molecule has 4 rings (SSSR count). The average Bonchev–Trinajstić information content (AvgIpc) is 3.39. The van der Waals surface area contributed by atoms with Crippen LogP contribution in [0, 0.1) is 25.7 Å². The van der Waals surface area contributed by atoms with E-state index in [-0.39, 0.29) is 30.9 Å². The molecule has 3 saturated heterocycles. The van der Waals surface area contributed by atoms with Crippen LogP contribution in [0.2, 0.25) is 0 Å². The number of nitrogens with zero attached hydrogens (tertiary/aromatic N) is 1. The minimum absolute atomic E-state index is 0.0216. The van der Waals surface area contributed by atoms with Crippen molar-refractivity contribution in [3.63, 3.8) is 0 Å². The van der Waals surface area contributed by atoms with Gasteiger partial charge in [-0.1, -0.05) is 26.0 Å². The van der Waals surface area contributed by atoms with Crippen LogP contribution in [0.3, 0.4) is 0 Å². The third-order valence-corrected chi connectivity index (χ3v) is 7.75. The predicted octanol–water partition coefficient (Wildman–Crippen LogP) is 1.92. The second kappa shape index (κ2) is 8.72. The van der Waals surface area contributed by atoms with Crippen molar-refractivity contribution in [3.05, 3.63) is 29.3 Å². The lowest BCUT2D eigenvalue weighted by molar-refractivity contribution is -0.146. The highest BCUT2D eigenvalue weighted by Crippen LogP contribution is 2.64. The fraction of sp³-hybridized carbons (Fsp3) is 0.640. The van der Waals surface area contributed by atoms with E-state index in [1.165, 1.54) is 4.90 Å². The number of hydrogen-bond acceptors (Lipinski definition) is 5. The van der Waals surface area contributed by atoms with Crippen LogP contribution in [0.25, 0.3) is 0 Å². The topological polar surface area (TPSA) is 108 Å². The first-order valence-electron chi connectivity index (χ1n) is 12.0. The zero-order valence-electron chi connectivity index (χ0n) is 19.9. The van der Waals surface area contributed by atoms with Crippen LogP contribution in [0.1, 0.15) is 50.7 Å². The van der Waals surface area contributed by atoms with Gasteiger partial charge >= 0.3 is 0 Å². The molecule has 3 N–H and O–H groups in total. The van der Waals surface area contributed by atoms with Gasteiger partial charge in [0.15, 0.2) is 0 Å². The molecule has 1 aromatic carbocycles. The summed E-state index contributed by atoms with van der Waals surface area (Å²) >= 11 is 0. The van der Waals surface area contributed by atoms with Crippen LogP contribution in [0.15, 0.2) is 18.2 Å². The van der Waals surface area contributed by atoms with Gasteiger partial charge in [-0.25, -0.2) is 0 Å². The molecule has 3 heterocycles. The summed E-state index contributed by atoms with van der Waals surface area (Å²) in [4.78, 5) is 42.1. The van der Waals surface area contributed by atoms with E-state index in [4.69, 9.17) is 4.74 Å². The van der Waals surface area contributed by atoms with Crippen LogP contribution in [0.4, 0.5) is 5.69 Å². The Morgan fingerprint density at radius 3 is 2.64 bits per heavy atom. The molecular weight excluding hydrogens is 422 g/mol. The summed E-state index contributed by atoms with van der Waals surface area (Å²) in [5, 5.41) is 15.6. The summed E-state index contributed by atoms with van der Waals surface area (Å²) < 4.78 is 6.64. The largest absolute Gasteiger partial charge is 0.395 e. The maximum Gasteiger partial charge on any atom is 0.250 e. The Morgan fingerprint density at radius 2 is 1.97 bits per heavy atom. The van der Waals surface area contributed by atoms with Gasteiger partial charge < -0.3 is 25.4 Å². The Hall–Kier alpha value is -2.45. The summed E-state index contributed by atoms with van der Waals surface area (Å²) in [5.74, 6) is -2.18. The number of aliphatic hydroxyl groups excluding tert-OH is 1. The van der Waals surface area contributed by atoms with Crippen LogP contribution in [0.5, 0.6) is 0 Å². The first kappa shape index (κ1) is 23.7. The number of aryl methyl sites for hydroxylation is 2. The number of β-amino-alcohol motifs (C(OH)–C–C–N with tert-alkyl or cyclic N) is 1. The van der Waals surface area contributed by atoms with Gasteiger partial charge in [-0.15, -0.1) is 0 Å². The van der Waals surface area contributed by atoms with Crippen molar-refractivity contribution in [2.24, 2.45) is 11.8 Å². The average molecular weight is 458 g/mol. The maximum absolute atomic E-state index is 13.7. The van der Waals surface area contributed by atoms with Gasteiger partial charge in [-0.2, -0.15) is 0 Å². The van der Waals surface area contributed by atoms with Crippen LogP contribution >= 0.6 is 0 Å². The number of likely N-dealkylation sites (tertiary alicyclic amines) is 1. The zero-order valence-corrected chi connectivity index (χ0v) is 19.9. The number of hydrogen-bond donors (Lipinski definition) is 3. The molecule has 3 amide bonds. The van der Waals surface area contributed by atoms with E-state index in [1.54, 1.807) is 0 Å². The Bertz CT molecular complexity index is 965. The SMILES string of the molecule is CCCNC(=O)[C@H]1[C@H]2C(=O)N(CCO)C(C(=O)Nc3cc(C)ccc3C)C23CC[C@]1(CC)O3. The number of amides is 3. The summed E-state index contributed by atoms with van der Waals surface area (Å²) in [7, 11) is 0. The number of aliphatic hydroxyl groups is 1. The van der Waals surface area contributed by atoms with E-state index in [2.05, 4.69) is 10.6 Å². The van der Waals surface area contributed by atoms with Crippen molar-refractivity contribution in [1.82, 2.24) is 10.2 Å². The van der Waals surface area contributed by atoms with Crippen LogP contribution < -0.4 is 10.6 Å². The molecule has 180 valence electrons. The van der Waals surface area contributed by atoms with Crippen molar-refractivity contribution in [2.45, 2.75) is 70.6 Å². The lowest BCUT2D eigenvalue weighted by Crippen LogP contribution is -2.54. The Morgan fingerprint density at radius 1 is 1.21 bits per heavy atom. The molecule has 0 aromatic heterocycles. The van der Waals surface area contributed by atoms with E-state index in [0.29, 0.717) is 31.5 Å². The highest BCUT2D eigenvalue weighted by molar-refractivity contribution is 6.04. The Kier molecular flexibility index (Phi) is 6.26. The van der Waals surface area contributed by atoms with Gasteiger partial charge in [0.25, 0.3) is 0 Å². The molecule has 0 saturated carbocycles. The molecule has 0 aliphatic carbocycles. The molecule has 3 aliphatic heterocycles. The van der Waals surface area contributed by atoms with Crippen molar-refractivity contribution < 1.29 is 24.2 Å². The number of anilines is 1. The standard InChI is InChI=1S/C25H35N3O5/c1-5-11-26-21(30)18-19-23(32)28(12-13-29)20(25(19)10-9-24(18,6-2)33-25)22(31)27-17-14-15(3)7-8-16(17)4/h7-8,14,18-20,29H,5-6,9-13H2,1-4H3,(H,26,30)(H,27,31)/t18-,19+,20?,24+,25?/m1/s1. The molecule has 1 aromatic rings. The van der Waals surface area contributed by atoms with Gasteiger partial charge in [-0.05, 0) is 56.7 Å². The van der Waals surface area contributed by atoms with Crippen molar-refractivity contribution in [2.75, 3.05) is 25.0 Å². The van der Waals surface area contributed by atoms with E-state index in [9.17, 15) is 19.5 Å². The van der Waals surface area contributed by atoms with Crippen molar-refractivity contribution in [1.29, 1.82) is 0 Å². The Balaban J connectivity index is 1.73. The highest BCUT2D eigenvalue weighted by Gasteiger charge is 2.78. The molecular formula is C25H35N3O5. The van der Waals surface area contributed by atoms with Gasteiger partial charge in [-0.3, -0.25) is 14.4 Å². The van der Waals surface area contributed by atoms with E-state index < -0.39 is 29.1 Å². The van der Waals surface area contributed by atoms with Crippen molar-refractivity contribution >= 4 is 23.4 Å². The highest BCUT2D eigenvalue weighted by atomic mass is 16.5. The normalized spacial score (nSPS) is 32.2. The lowest BCUT2D eigenvalue weighted by Gasteiger charge is -2.33. The summed E-state index contributed by atoms with van der Waals surface area (Å²) in [6, 6.07) is 4.91. The maximum atomic E-state index is 13.7.